The third-order valence-corrected chi connectivity index (χ3v) is 22.6. The maximum atomic E-state index is 13.0. The van der Waals surface area contributed by atoms with E-state index in [0.29, 0.717) is 32.1 Å². The lowest BCUT2D eigenvalue weighted by Crippen LogP contribution is -2.68. The Morgan fingerprint density at radius 2 is 1.13 bits per heavy atom. The second-order valence-electron chi connectivity index (χ2n) is 26.8. The molecule has 0 aromatic carbocycles. The summed E-state index contributed by atoms with van der Waals surface area (Å²) in [5.74, 6) is -0.000538. The van der Waals surface area contributed by atoms with Crippen LogP contribution in [0.4, 0.5) is 0 Å². The lowest BCUT2D eigenvalue weighted by molar-refractivity contribution is -0.406. The van der Waals surface area contributed by atoms with Gasteiger partial charge < -0.3 is 134 Å². The SMILES string of the molecule is CCC(=O)[C@@H]1C[C@@H](C)[C@]2(CC[C@@]3(C)C4=C(CC[C@@]32C)[C@@]2(C)CC[C@H](O[C@@H]3O[C@H](CO[C@@H]5OC[C@H](O)[C@@H](O)[C@H]5O[C@@H]5O[C@H](CO)[C@@H](O)[C@H](O[C@@H]6O[C@H](CO)[C@@H](O)[C@H](O)[C@H]6O)[C@H]5O[C@@H]5O[C@@H](C)[C@H](O)[C@@H](O)[C@@H]5O)[C@@H](O)[C@H](O)[C@H]3O)C(CO)(CO)[C@@H]2CC4)O1. The molecule has 0 radical (unpaired) electrons. The molecule has 0 amide bonds. The molecule has 28 nitrogen and oxygen atoms in total. The fraction of sp³-hybridized carbons (Fsp3) is 0.948. The molecule has 6 heterocycles. The maximum absolute atomic E-state index is 13.0. The summed E-state index contributed by atoms with van der Waals surface area (Å²) in [4.78, 5) is 13.0. The Balaban J connectivity index is 0.867. The van der Waals surface area contributed by atoms with Gasteiger partial charge >= 0.3 is 0 Å². The van der Waals surface area contributed by atoms with E-state index in [1.807, 2.05) is 6.92 Å². The highest BCUT2D eigenvalue weighted by Gasteiger charge is 2.72. The van der Waals surface area contributed by atoms with Gasteiger partial charge in [0.05, 0.1) is 57.5 Å². The molecule has 0 unspecified atom stereocenters. The van der Waals surface area contributed by atoms with Gasteiger partial charge in [0.15, 0.2) is 37.2 Å². The molecule has 10 aliphatic rings. The number of hydrogen-bond acceptors (Lipinski definition) is 28. The van der Waals surface area contributed by atoms with Crippen molar-refractivity contribution in [1.29, 1.82) is 0 Å². The minimum absolute atomic E-state index is 0.129. The van der Waals surface area contributed by atoms with Gasteiger partial charge in [0.2, 0.25) is 0 Å². The van der Waals surface area contributed by atoms with Crippen LogP contribution in [0.1, 0.15) is 106 Å². The molecule has 0 aromatic rings. The average Bonchev–Trinajstić information content (AvgIpc) is 1.42. The Morgan fingerprint density at radius 3 is 1.77 bits per heavy atom. The summed E-state index contributed by atoms with van der Waals surface area (Å²) >= 11 is 0. The van der Waals surface area contributed by atoms with E-state index in [2.05, 4.69) is 27.7 Å². The molecule has 1 spiro atoms. The molecular weight excluding hydrogens is 1140 g/mol. The van der Waals surface area contributed by atoms with Crippen LogP contribution in [0.2, 0.25) is 0 Å². The van der Waals surface area contributed by atoms with Crippen LogP contribution in [-0.2, 0) is 56.9 Å². The molecular formula is C58H94O28. The average molecular weight is 1240 g/mol. The minimum Gasteiger partial charge on any atom is -0.396 e. The Hall–Kier alpha value is -1.67. The Labute approximate surface area is 498 Å². The molecule has 6 saturated heterocycles. The van der Waals surface area contributed by atoms with Crippen LogP contribution in [0, 0.1) is 33.5 Å². The van der Waals surface area contributed by atoms with Crippen molar-refractivity contribution in [2.45, 2.75) is 271 Å². The van der Waals surface area contributed by atoms with Crippen molar-refractivity contribution in [2.75, 3.05) is 39.6 Å². The summed E-state index contributed by atoms with van der Waals surface area (Å²) < 4.78 is 67.1. The van der Waals surface area contributed by atoms with E-state index in [0.717, 1.165) is 25.7 Å². The molecule has 494 valence electrons. The van der Waals surface area contributed by atoms with Gasteiger partial charge in [-0.25, -0.2) is 0 Å². The number of ether oxygens (including phenoxy) is 11. The summed E-state index contributed by atoms with van der Waals surface area (Å²) in [6.45, 7) is 8.16. The monoisotopic (exact) mass is 1240 g/mol. The third kappa shape index (κ3) is 10.9. The highest BCUT2D eigenvalue weighted by atomic mass is 16.8. The molecule has 16 N–H and O–H groups in total. The highest BCUT2D eigenvalue weighted by Crippen LogP contribution is 2.75. The number of rotatable bonds is 17. The van der Waals surface area contributed by atoms with Crippen molar-refractivity contribution >= 4 is 5.78 Å². The third-order valence-electron chi connectivity index (χ3n) is 22.6. The first-order valence-electron chi connectivity index (χ1n) is 30.7. The summed E-state index contributed by atoms with van der Waals surface area (Å²) in [5.41, 5.74) is -0.0221. The molecule has 0 bridgehead atoms. The number of carbonyl (C=O) groups is 1. The summed E-state index contributed by atoms with van der Waals surface area (Å²) in [5, 5.41) is 176. The zero-order chi connectivity index (χ0) is 62.5. The van der Waals surface area contributed by atoms with E-state index in [-0.39, 0.29) is 34.9 Å². The standard InChI is InChI=1S/C58H94O28/c1-7-27(63)29-16-23(2)58(86-29)15-14-55(5)26-8-9-33-54(4,25(26)10-13-56(55,58)6)12-11-34(57(33,21-61)22-62)82-50-44(74)42(72)38(68)32(81-50)20-77-52-47(36(66)28(64)19-76-52)84-53-48(85-49-43(73)40(70)35(65)24(3)78-49)46(39(69)31(18-60)80-53)83-51-45(75)41(71)37(67)30(17-59)79-51/h23-24,28-53,59-62,64-75H,7-22H2,1-6H3/t23-,24+,28+,29+,30-,31-,32-,33-,34+,35+,36-,37-,38-,39-,40-,41+,42+,43+,44-,45-,46+,47-,48-,49+,50+,51+,52+,53+,54-,55+,56+,58+/m1/s1. The Morgan fingerprint density at radius 1 is 0.558 bits per heavy atom. The van der Waals surface area contributed by atoms with Crippen LogP contribution < -0.4 is 0 Å². The molecule has 86 heavy (non-hydrogen) atoms. The van der Waals surface area contributed by atoms with Crippen LogP contribution in [0.3, 0.4) is 0 Å². The zero-order valence-electron chi connectivity index (χ0n) is 49.5. The molecule has 8 fully saturated rings. The van der Waals surface area contributed by atoms with Gasteiger partial charge in [0, 0.05) is 17.3 Å². The second kappa shape index (κ2) is 25.7. The van der Waals surface area contributed by atoms with E-state index < -0.39 is 216 Å². The number of allylic oxidation sites excluding steroid dienone is 2. The fourth-order valence-corrected chi connectivity index (χ4v) is 17.2. The topological polar surface area (TPSA) is 442 Å². The number of fused-ring (bicyclic) bond motifs is 5. The number of aliphatic hydroxyl groups is 16. The minimum atomic E-state index is -2.06. The largest absolute Gasteiger partial charge is 0.396 e. The zero-order valence-corrected chi connectivity index (χ0v) is 49.5. The number of carbonyl (C=O) groups excluding carboxylic acids is 1. The molecule has 2 saturated carbocycles. The summed E-state index contributed by atoms with van der Waals surface area (Å²) in [6.07, 6.45) is -38.6. The second-order valence-corrected chi connectivity index (χ2v) is 26.8. The first-order chi connectivity index (χ1) is 40.7. The van der Waals surface area contributed by atoms with Crippen molar-refractivity contribution in [3.05, 3.63) is 11.1 Å². The van der Waals surface area contributed by atoms with E-state index in [9.17, 15) is 86.5 Å². The van der Waals surface area contributed by atoms with Gasteiger partial charge in [-0.1, -0.05) is 45.8 Å². The first-order valence-corrected chi connectivity index (χ1v) is 30.7. The van der Waals surface area contributed by atoms with Crippen LogP contribution in [0.25, 0.3) is 0 Å². The highest BCUT2D eigenvalue weighted by molar-refractivity contribution is 5.83. The fourth-order valence-electron chi connectivity index (χ4n) is 17.2. The quantitative estimate of drug-likeness (QED) is 0.0609. The lowest BCUT2D eigenvalue weighted by atomic mass is 9.42. The molecule has 4 aliphatic carbocycles. The Bertz CT molecular complexity index is 2370. The van der Waals surface area contributed by atoms with E-state index >= 15 is 0 Å². The van der Waals surface area contributed by atoms with Crippen LogP contribution in [-0.4, -0.2) is 292 Å². The number of Topliss-reactive ketones (excluding diaryl/α,β-unsaturated/α-hetero) is 1. The van der Waals surface area contributed by atoms with Crippen molar-refractivity contribution in [1.82, 2.24) is 0 Å². The molecule has 0 aromatic heterocycles. The summed E-state index contributed by atoms with van der Waals surface area (Å²) in [7, 11) is 0. The maximum Gasteiger partial charge on any atom is 0.187 e. The lowest BCUT2D eigenvalue weighted by Gasteiger charge is -2.64. The van der Waals surface area contributed by atoms with Crippen LogP contribution in [0.5, 0.6) is 0 Å². The predicted molar refractivity (Wildman–Crippen MR) is 287 cm³/mol. The van der Waals surface area contributed by atoms with Gasteiger partial charge in [-0.2, -0.15) is 0 Å². The first kappa shape index (κ1) is 67.2. The number of ketones is 1. The molecule has 6 aliphatic heterocycles. The predicted octanol–water partition coefficient (Wildman–Crippen LogP) is -4.64. The normalized spacial score (nSPS) is 53.0. The van der Waals surface area contributed by atoms with Gasteiger partial charge in [-0.05, 0) is 87.4 Å². The van der Waals surface area contributed by atoms with E-state index in [4.69, 9.17) is 52.1 Å². The molecule has 10 rings (SSSR count). The summed E-state index contributed by atoms with van der Waals surface area (Å²) in [6, 6.07) is 0. The number of aliphatic hydroxyl groups excluding tert-OH is 16. The van der Waals surface area contributed by atoms with Gasteiger partial charge in [0.25, 0.3) is 0 Å². The number of hydrogen-bond donors (Lipinski definition) is 16. The van der Waals surface area contributed by atoms with Crippen LogP contribution in [0.15, 0.2) is 11.1 Å². The van der Waals surface area contributed by atoms with Gasteiger partial charge in [-0.3, -0.25) is 4.79 Å². The molecule has 28 heteroatoms. The van der Waals surface area contributed by atoms with Crippen molar-refractivity contribution < 1.29 is 139 Å². The van der Waals surface area contributed by atoms with E-state index in [1.54, 1.807) is 0 Å². The van der Waals surface area contributed by atoms with E-state index in [1.165, 1.54) is 18.1 Å². The van der Waals surface area contributed by atoms with Crippen LogP contribution >= 0.6 is 0 Å². The van der Waals surface area contributed by atoms with Crippen molar-refractivity contribution in [2.24, 2.45) is 33.5 Å². The van der Waals surface area contributed by atoms with Gasteiger partial charge in [0.1, 0.15) is 116 Å². The van der Waals surface area contributed by atoms with Crippen molar-refractivity contribution in [3.8, 4) is 0 Å². The van der Waals surface area contributed by atoms with Crippen molar-refractivity contribution in [3.63, 3.8) is 0 Å². The van der Waals surface area contributed by atoms with Gasteiger partial charge in [-0.15, -0.1) is 0 Å². The molecule has 32 atom stereocenters. The Kier molecular flexibility index (Phi) is 20.1. The smallest absolute Gasteiger partial charge is 0.187 e.